The molecule has 2 aliphatic heterocycles. The van der Waals surface area contributed by atoms with Gasteiger partial charge in [-0.15, -0.1) is 11.6 Å². The molecule has 3 N–H and O–H groups in total. The van der Waals surface area contributed by atoms with Crippen molar-refractivity contribution in [1.82, 2.24) is 10.2 Å². The number of carbonyl (C=O) groups excluding carboxylic acids is 1. The molecular weight excluding hydrogens is 314 g/mol. The fourth-order valence-corrected chi connectivity index (χ4v) is 5.71. The zero-order chi connectivity index (χ0) is 15.5. The molecule has 0 saturated carbocycles. The number of sulfone groups is 1. The zero-order valence-electron chi connectivity index (χ0n) is 12.1. The van der Waals surface area contributed by atoms with Crippen LogP contribution in [0, 0.1) is 5.92 Å². The van der Waals surface area contributed by atoms with Crippen molar-refractivity contribution in [3.05, 3.63) is 0 Å². The van der Waals surface area contributed by atoms with Crippen molar-refractivity contribution in [3.8, 4) is 0 Å². The summed E-state index contributed by atoms with van der Waals surface area (Å²) in [7, 11) is -3.11. The van der Waals surface area contributed by atoms with Crippen LogP contribution >= 0.6 is 11.6 Å². The van der Waals surface area contributed by atoms with Gasteiger partial charge in [0.2, 0.25) is 5.91 Å². The van der Waals surface area contributed by atoms with Crippen LogP contribution in [0.5, 0.6) is 0 Å². The summed E-state index contributed by atoms with van der Waals surface area (Å²) in [6.45, 7) is 2.78. The van der Waals surface area contributed by atoms with Gasteiger partial charge in [0, 0.05) is 6.54 Å². The van der Waals surface area contributed by atoms with Gasteiger partial charge in [-0.3, -0.25) is 9.69 Å². The van der Waals surface area contributed by atoms with E-state index in [1.165, 1.54) is 6.42 Å². The largest absolute Gasteiger partial charge is 0.350 e. The van der Waals surface area contributed by atoms with Gasteiger partial charge in [0.1, 0.15) is 0 Å². The van der Waals surface area contributed by atoms with Crippen LogP contribution in [-0.2, 0) is 14.6 Å². The lowest BCUT2D eigenvalue weighted by molar-refractivity contribution is -0.123. The number of amides is 1. The van der Waals surface area contributed by atoms with Crippen molar-refractivity contribution in [2.45, 2.75) is 30.7 Å². The Kier molecular flexibility index (Phi) is 5.88. The van der Waals surface area contributed by atoms with Gasteiger partial charge in [-0.05, 0) is 38.3 Å². The van der Waals surface area contributed by atoms with E-state index >= 15 is 0 Å². The molecule has 0 spiro atoms. The Balaban J connectivity index is 1.79. The number of hydrogen-bond acceptors (Lipinski definition) is 5. The lowest BCUT2D eigenvalue weighted by atomic mass is 9.95. The molecule has 0 radical (unpaired) electrons. The Bertz CT molecular complexity index is 469. The number of alkyl halides is 1. The first-order chi connectivity index (χ1) is 9.89. The summed E-state index contributed by atoms with van der Waals surface area (Å²) in [5.74, 6) is 0.310. The van der Waals surface area contributed by atoms with Crippen molar-refractivity contribution in [1.29, 1.82) is 0 Å². The van der Waals surface area contributed by atoms with Crippen LogP contribution in [0.2, 0.25) is 0 Å². The molecular formula is C13H24ClN3O3S. The van der Waals surface area contributed by atoms with Gasteiger partial charge in [0.05, 0.1) is 29.5 Å². The molecule has 0 aromatic carbocycles. The summed E-state index contributed by atoms with van der Waals surface area (Å²) >= 11 is 5.99. The quantitative estimate of drug-likeness (QED) is 0.664. The van der Waals surface area contributed by atoms with Crippen molar-refractivity contribution < 1.29 is 13.2 Å². The highest BCUT2D eigenvalue weighted by Gasteiger charge is 2.37. The molecule has 2 fully saturated rings. The van der Waals surface area contributed by atoms with Crippen molar-refractivity contribution >= 4 is 27.3 Å². The highest BCUT2D eigenvalue weighted by molar-refractivity contribution is 7.91. The van der Waals surface area contributed by atoms with Crippen LogP contribution in [0.3, 0.4) is 0 Å². The molecule has 122 valence electrons. The maximum Gasteiger partial charge on any atom is 0.234 e. The molecule has 8 heteroatoms. The minimum absolute atomic E-state index is 0.0529. The second-order valence-corrected chi connectivity index (χ2v) is 8.80. The molecule has 0 aromatic rings. The summed E-state index contributed by atoms with van der Waals surface area (Å²) in [5.41, 5.74) is 5.59. The average molecular weight is 338 g/mol. The molecule has 2 aliphatic rings. The molecule has 1 amide bonds. The Morgan fingerprint density at radius 1 is 1.38 bits per heavy atom. The Morgan fingerprint density at radius 3 is 2.76 bits per heavy atom. The second kappa shape index (κ2) is 7.26. The van der Waals surface area contributed by atoms with E-state index in [0.717, 1.165) is 25.9 Å². The summed E-state index contributed by atoms with van der Waals surface area (Å²) in [6.07, 6.45) is 3.23. The number of carbonyl (C=O) groups is 1. The zero-order valence-corrected chi connectivity index (χ0v) is 13.7. The first-order valence-corrected chi connectivity index (χ1v) is 9.71. The van der Waals surface area contributed by atoms with E-state index in [-0.39, 0.29) is 17.4 Å². The maximum absolute atomic E-state index is 12.1. The number of likely N-dealkylation sites (tertiary alicyclic amines) is 1. The Labute approximate surface area is 131 Å². The Hall–Kier alpha value is -0.370. The first-order valence-electron chi connectivity index (χ1n) is 7.46. The van der Waals surface area contributed by atoms with Crippen LogP contribution in [0.4, 0.5) is 0 Å². The monoisotopic (exact) mass is 337 g/mol. The molecule has 3 atom stereocenters. The molecule has 0 aliphatic carbocycles. The minimum Gasteiger partial charge on any atom is -0.350 e. The van der Waals surface area contributed by atoms with Crippen LogP contribution < -0.4 is 11.1 Å². The number of nitrogens with two attached hydrogens (primary N) is 1. The number of nitrogens with zero attached hydrogens (tertiary/aromatic N) is 1. The van der Waals surface area contributed by atoms with Crippen molar-refractivity contribution in [2.24, 2.45) is 11.7 Å². The van der Waals surface area contributed by atoms with E-state index < -0.39 is 21.3 Å². The molecule has 6 nitrogen and oxygen atoms in total. The van der Waals surface area contributed by atoms with E-state index in [1.54, 1.807) is 0 Å². The third-order valence-electron chi connectivity index (χ3n) is 4.17. The van der Waals surface area contributed by atoms with Gasteiger partial charge in [0.25, 0.3) is 0 Å². The number of piperidine rings is 1. The SMILES string of the molecule is NCCC1CCCN(CC(=O)NC2CS(=O)(=O)CC2Cl)C1. The van der Waals surface area contributed by atoms with Gasteiger partial charge in [-0.1, -0.05) is 0 Å². The van der Waals surface area contributed by atoms with Gasteiger partial charge < -0.3 is 11.1 Å². The highest BCUT2D eigenvalue weighted by Crippen LogP contribution is 2.20. The van der Waals surface area contributed by atoms with E-state index in [1.807, 2.05) is 0 Å². The lowest BCUT2D eigenvalue weighted by Gasteiger charge is -2.32. The number of rotatable bonds is 5. The fraction of sp³-hybridized carbons (Fsp3) is 0.923. The topological polar surface area (TPSA) is 92.5 Å². The smallest absolute Gasteiger partial charge is 0.234 e. The molecule has 2 heterocycles. The predicted molar refractivity (Wildman–Crippen MR) is 83.1 cm³/mol. The van der Waals surface area contributed by atoms with E-state index in [2.05, 4.69) is 10.2 Å². The summed E-state index contributed by atoms with van der Waals surface area (Å²) in [5, 5.41) is 2.24. The summed E-state index contributed by atoms with van der Waals surface area (Å²) in [4.78, 5) is 14.2. The van der Waals surface area contributed by atoms with E-state index in [9.17, 15) is 13.2 Å². The van der Waals surface area contributed by atoms with Gasteiger partial charge in [-0.25, -0.2) is 8.42 Å². The fourth-order valence-electron chi connectivity index (χ4n) is 3.16. The second-order valence-electron chi connectivity index (χ2n) is 6.09. The molecule has 21 heavy (non-hydrogen) atoms. The molecule has 0 aromatic heterocycles. The third kappa shape index (κ3) is 5.09. The Morgan fingerprint density at radius 2 is 2.14 bits per heavy atom. The van der Waals surface area contributed by atoms with Crippen LogP contribution in [0.15, 0.2) is 0 Å². The molecule has 3 unspecified atom stereocenters. The average Bonchev–Trinajstić information content (AvgIpc) is 2.62. The standard InChI is InChI=1S/C13H24ClN3O3S/c14-11-8-21(19,20)9-12(11)16-13(18)7-17-5-1-2-10(6-17)3-4-15/h10-12H,1-9,15H2,(H,16,18). The van der Waals surface area contributed by atoms with Crippen molar-refractivity contribution in [2.75, 3.05) is 37.7 Å². The van der Waals surface area contributed by atoms with Gasteiger partial charge in [0.15, 0.2) is 9.84 Å². The highest BCUT2D eigenvalue weighted by atomic mass is 35.5. The minimum atomic E-state index is -3.11. The summed E-state index contributed by atoms with van der Waals surface area (Å²) < 4.78 is 23.0. The third-order valence-corrected chi connectivity index (χ3v) is 6.55. The molecule has 0 bridgehead atoms. The molecule has 2 rings (SSSR count). The van der Waals surface area contributed by atoms with E-state index in [4.69, 9.17) is 17.3 Å². The van der Waals surface area contributed by atoms with Crippen LogP contribution in [0.25, 0.3) is 0 Å². The van der Waals surface area contributed by atoms with Gasteiger partial charge >= 0.3 is 0 Å². The number of nitrogens with one attached hydrogen (secondary N) is 1. The maximum atomic E-state index is 12.1. The van der Waals surface area contributed by atoms with E-state index in [0.29, 0.717) is 19.0 Å². The number of halogens is 1. The first kappa shape index (κ1) is 17.0. The van der Waals surface area contributed by atoms with Crippen LogP contribution in [-0.4, -0.2) is 68.3 Å². The van der Waals surface area contributed by atoms with Gasteiger partial charge in [-0.2, -0.15) is 0 Å². The van der Waals surface area contributed by atoms with Crippen molar-refractivity contribution in [3.63, 3.8) is 0 Å². The van der Waals surface area contributed by atoms with Crippen LogP contribution in [0.1, 0.15) is 19.3 Å². The predicted octanol–water partition coefficient (Wildman–Crippen LogP) is -0.432. The number of hydrogen-bond donors (Lipinski definition) is 2. The lowest BCUT2D eigenvalue weighted by Crippen LogP contribution is -2.47. The summed E-state index contributed by atoms with van der Waals surface area (Å²) in [6, 6.07) is -0.464. The molecule has 2 saturated heterocycles. The normalized spacial score (nSPS) is 33.0.